The lowest BCUT2D eigenvalue weighted by atomic mass is 10.1. The van der Waals surface area contributed by atoms with Crippen molar-refractivity contribution in [3.8, 4) is 0 Å². The Bertz CT molecular complexity index is 447. The second kappa shape index (κ2) is 4.63. The minimum Gasteiger partial charge on any atom is -0.548 e. The zero-order valence-electron chi connectivity index (χ0n) is 8.77. The maximum Gasteiger partial charge on any atom is 0.243 e. The summed E-state index contributed by atoms with van der Waals surface area (Å²) in [7, 11) is 0. The quantitative estimate of drug-likeness (QED) is 0.779. The number of carbonyl (C=O) groups excluding carboxylic acids is 2. The molecule has 2 N–H and O–H groups in total. The fraction of sp³-hybridized carbons (Fsp3) is 0.273. The zero-order valence-corrected chi connectivity index (χ0v) is 9.53. The van der Waals surface area contributed by atoms with Crippen LogP contribution in [0.1, 0.15) is 6.42 Å². The molecule has 0 aliphatic carbocycles. The summed E-state index contributed by atoms with van der Waals surface area (Å²) >= 11 is 5.73. The Hall–Kier alpha value is -1.75. The van der Waals surface area contributed by atoms with Gasteiger partial charge in [0.2, 0.25) is 5.91 Å². The predicted molar refractivity (Wildman–Crippen MR) is 60.4 cm³/mol. The number of carboxylic acids is 1. The third-order valence-electron chi connectivity index (χ3n) is 2.57. The normalized spacial score (nSPS) is 23.2. The van der Waals surface area contributed by atoms with Crippen LogP contribution in [-0.4, -0.2) is 24.0 Å². The van der Waals surface area contributed by atoms with Crippen molar-refractivity contribution in [1.29, 1.82) is 0 Å². The van der Waals surface area contributed by atoms with Gasteiger partial charge in [0.1, 0.15) is 6.04 Å². The van der Waals surface area contributed by atoms with Crippen LogP contribution in [0.5, 0.6) is 0 Å². The van der Waals surface area contributed by atoms with E-state index in [9.17, 15) is 14.7 Å². The highest BCUT2D eigenvalue weighted by atomic mass is 35.5. The molecule has 1 aromatic carbocycles. The van der Waals surface area contributed by atoms with Crippen molar-refractivity contribution in [2.24, 2.45) is 0 Å². The Morgan fingerprint density at radius 3 is 2.59 bits per heavy atom. The molecule has 90 valence electrons. The van der Waals surface area contributed by atoms with E-state index < -0.39 is 18.1 Å². The van der Waals surface area contributed by atoms with Gasteiger partial charge in [0, 0.05) is 17.1 Å². The summed E-state index contributed by atoms with van der Waals surface area (Å²) < 4.78 is 0. The third kappa shape index (κ3) is 2.68. The largest absolute Gasteiger partial charge is 0.548 e. The number of rotatable bonds is 3. The van der Waals surface area contributed by atoms with Gasteiger partial charge in [0.25, 0.3) is 0 Å². The number of aliphatic carboxylic acids is 1. The van der Waals surface area contributed by atoms with Crippen molar-refractivity contribution < 1.29 is 14.7 Å². The van der Waals surface area contributed by atoms with Crippen molar-refractivity contribution in [3.05, 3.63) is 29.3 Å². The summed E-state index contributed by atoms with van der Waals surface area (Å²) in [6.07, 6.45) is 0.170. The number of carboxylic acid groups (broad SMARTS) is 1. The van der Waals surface area contributed by atoms with E-state index >= 15 is 0 Å². The molecule has 1 saturated heterocycles. The minimum atomic E-state index is -1.27. The molecule has 0 radical (unpaired) electrons. The lowest BCUT2D eigenvalue weighted by molar-refractivity contribution is -0.308. The second-order valence-corrected chi connectivity index (χ2v) is 4.26. The Balaban J connectivity index is 2.02. The molecule has 6 heteroatoms. The molecule has 0 saturated carbocycles. The van der Waals surface area contributed by atoms with Crippen LogP contribution in [-0.2, 0) is 9.59 Å². The molecule has 0 aromatic heterocycles. The maximum atomic E-state index is 11.5. The summed E-state index contributed by atoms with van der Waals surface area (Å²) in [6.45, 7) is 0. The molecule has 5 nitrogen and oxygen atoms in total. The molecule has 1 amide bonds. The average Bonchev–Trinajstić information content (AvgIpc) is 2.64. The van der Waals surface area contributed by atoms with Gasteiger partial charge in [-0.25, -0.2) is 0 Å². The standard InChI is InChI=1S/C11H11ClN2O3/c12-6-1-3-7(4-2-6)13-8-5-9(11(16)17)14-10(8)15/h1-4,8-9,13H,5H2,(H,14,15)(H,16,17)/p-1/t8-,9-/m0/s1. The molecular weight excluding hydrogens is 244 g/mol. The maximum absolute atomic E-state index is 11.5. The average molecular weight is 254 g/mol. The molecule has 0 bridgehead atoms. The van der Waals surface area contributed by atoms with Crippen LogP contribution >= 0.6 is 11.6 Å². The van der Waals surface area contributed by atoms with Gasteiger partial charge in [-0.05, 0) is 24.3 Å². The molecule has 0 unspecified atom stereocenters. The van der Waals surface area contributed by atoms with Crippen LogP contribution in [0.3, 0.4) is 0 Å². The number of amides is 1. The smallest absolute Gasteiger partial charge is 0.243 e. The van der Waals surface area contributed by atoms with Gasteiger partial charge in [0.05, 0.1) is 12.0 Å². The van der Waals surface area contributed by atoms with Crippen LogP contribution in [0, 0.1) is 0 Å². The van der Waals surface area contributed by atoms with E-state index in [-0.39, 0.29) is 12.3 Å². The number of hydrogen-bond acceptors (Lipinski definition) is 4. The minimum absolute atomic E-state index is 0.170. The van der Waals surface area contributed by atoms with Crippen molar-refractivity contribution in [1.82, 2.24) is 5.32 Å². The summed E-state index contributed by atoms with van der Waals surface area (Å²) in [6, 6.07) is 5.34. The molecule has 0 spiro atoms. The summed E-state index contributed by atoms with van der Waals surface area (Å²) in [5.74, 6) is -1.60. The Labute approximate surface area is 103 Å². The lowest BCUT2D eigenvalue weighted by Gasteiger charge is -2.12. The molecule has 1 aliphatic rings. The first-order valence-electron chi connectivity index (χ1n) is 5.09. The first-order valence-corrected chi connectivity index (χ1v) is 5.47. The molecule has 2 atom stereocenters. The Morgan fingerprint density at radius 1 is 1.41 bits per heavy atom. The monoisotopic (exact) mass is 253 g/mol. The van der Waals surface area contributed by atoms with Crippen molar-refractivity contribution in [2.75, 3.05) is 5.32 Å². The van der Waals surface area contributed by atoms with Gasteiger partial charge in [-0.1, -0.05) is 11.6 Å². The van der Waals surface area contributed by atoms with Crippen LogP contribution < -0.4 is 15.7 Å². The molecule has 2 rings (SSSR count). The van der Waals surface area contributed by atoms with E-state index in [0.29, 0.717) is 10.7 Å². The molecule has 1 aliphatic heterocycles. The van der Waals surface area contributed by atoms with Gasteiger partial charge in [-0.3, -0.25) is 4.79 Å². The van der Waals surface area contributed by atoms with Crippen molar-refractivity contribution in [3.63, 3.8) is 0 Å². The predicted octanol–water partition coefficient (Wildman–Crippen LogP) is -0.241. The number of nitrogens with one attached hydrogen (secondary N) is 2. The van der Waals surface area contributed by atoms with Crippen LogP contribution in [0.15, 0.2) is 24.3 Å². The lowest BCUT2D eigenvalue weighted by Crippen LogP contribution is -2.42. The molecule has 1 aromatic rings. The van der Waals surface area contributed by atoms with E-state index in [0.717, 1.165) is 0 Å². The molecule has 1 heterocycles. The Morgan fingerprint density at radius 2 is 2.06 bits per heavy atom. The van der Waals surface area contributed by atoms with Crippen LogP contribution in [0.4, 0.5) is 5.69 Å². The molecular formula is C11H10ClN2O3-. The van der Waals surface area contributed by atoms with E-state index in [1.807, 2.05) is 0 Å². The first kappa shape index (κ1) is 11.7. The first-order chi connectivity index (χ1) is 8.06. The summed E-state index contributed by atoms with van der Waals surface area (Å²) in [4.78, 5) is 22.1. The molecule has 1 fully saturated rings. The van der Waals surface area contributed by atoms with E-state index in [2.05, 4.69) is 10.6 Å². The number of halogens is 1. The highest BCUT2D eigenvalue weighted by molar-refractivity contribution is 6.30. The summed E-state index contributed by atoms with van der Waals surface area (Å²) in [5.41, 5.74) is 0.716. The van der Waals surface area contributed by atoms with Gasteiger partial charge in [-0.2, -0.15) is 0 Å². The Kier molecular flexibility index (Phi) is 3.19. The van der Waals surface area contributed by atoms with Crippen LogP contribution in [0.2, 0.25) is 5.02 Å². The van der Waals surface area contributed by atoms with E-state index in [4.69, 9.17) is 11.6 Å². The van der Waals surface area contributed by atoms with Gasteiger partial charge < -0.3 is 20.5 Å². The second-order valence-electron chi connectivity index (χ2n) is 3.82. The van der Waals surface area contributed by atoms with E-state index in [1.54, 1.807) is 24.3 Å². The fourth-order valence-electron chi connectivity index (χ4n) is 1.70. The van der Waals surface area contributed by atoms with Gasteiger partial charge in [0.15, 0.2) is 0 Å². The number of hydrogen-bond donors (Lipinski definition) is 2. The number of benzene rings is 1. The van der Waals surface area contributed by atoms with Crippen molar-refractivity contribution in [2.45, 2.75) is 18.5 Å². The van der Waals surface area contributed by atoms with Crippen molar-refractivity contribution >= 4 is 29.2 Å². The number of anilines is 1. The SMILES string of the molecule is O=C([O-])[C@@H]1C[C@H](Nc2ccc(Cl)cc2)C(=O)N1. The highest BCUT2D eigenvalue weighted by Gasteiger charge is 2.32. The summed E-state index contributed by atoms with van der Waals surface area (Å²) in [5, 5.41) is 16.5. The van der Waals surface area contributed by atoms with Crippen LogP contribution in [0.25, 0.3) is 0 Å². The van der Waals surface area contributed by atoms with E-state index in [1.165, 1.54) is 0 Å². The van der Waals surface area contributed by atoms with Gasteiger partial charge >= 0.3 is 0 Å². The highest BCUT2D eigenvalue weighted by Crippen LogP contribution is 2.17. The molecule has 17 heavy (non-hydrogen) atoms. The fourth-order valence-corrected chi connectivity index (χ4v) is 1.83. The zero-order chi connectivity index (χ0) is 12.4. The van der Waals surface area contributed by atoms with Gasteiger partial charge in [-0.15, -0.1) is 0 Å². The number of carbonyl (C=O) groups is 2. The third-order valence-corrected chi connectivity index (χ3v) is 2.83. The topological polar surface area (TPSA) is 81.3 Å².